The number of rotatable bonds is 9. The lowest BCUT2D eigenvalue weighted by Crippen LogP contribution is -2.66. The van der Waals surface area contributed by atoms with Gasteiger partial charge in [0.15, 0.2) is 5.13 Å². The summed E-state index contributed by atoms with van der Waals surface area (Å²) in [6.07, 6.45) is 6.18. The lowest BCUT2D eigenvalue weighted by Gasteiger charge is -2.46. The minimum Gasteiger partial charge on any atom is -0.388 e. The Morgan fingerprint density at radius 3 is 2.12 bits per heavy atom. The zero-order valence-electron chi connectivity index (χ0n) is 19.2. The van der Waals surface area contributed by atoms with E-state index in [-0.39, 0.29) is 6.23 Å². The molecule has 1 atom stereocenters. The number of hydrogen-bond donors (Lipinski definition) is 0. The minimum absolute atomic E-state index is 0.125. The summed E-state index contributed by atoms with van der Waals surface area (Å²) >= 11 is 1.70. The van der Waals surface area contributed by atoms with Crippen LogP contribution in [0.5, 0.6) is 0 Å². The van der Waals surface area contributed by atoms with Gasteiger partial charge in [0.1, 0.15) is 6.23 Å². The Hall–Kier alpha value is -2.48. The van der Waals surface area contributed by atoms with Gasteiger partial charge in [-0.2, -0.15) is 0 Å². The molecule has 1 amide bonds. The molecule has 0 saturated carbocycles. The Morgan fingerprint density at radius 1 is 1.12 bits per heavy atom. The molecule has 1 aromatic heterocycles. The third-order valence-electron chi connectivity index (χ3n) is 5.54. The molecule has 5 nitrogen and oxygen atoms in total. The number of anilines is 1. The SMILES string of the molecule is CCCC[Si](OC1CCN1c1nccs1)(c1ccccc1)c1ccccc1.CN(C)C=O. The number of aromatic nitrogens is 1. The predicted molar refractivity (Wildman–Crippen MR) is 136 cm³/mol. The van der Waals surface area contributed by atoms with Gasteiger partial charge in [-0.05, 0) is 16.4 Å². The van der Waals surface area contributed by atoms with Gasteiger partial charge in [0.2, 0.25) is 6.41 Å². The summed E-state index contributed by atoms with van der Waals surface area (Å²) in [5.41, 5.74) is 0. The fourth-order valence-corrected chi connectivity index (χ4v) is 8.82. The zero-order chi connectivity index (χ0) is 22.8. The number of thiazole rings is 1. The van der Waals surface area contributed by atoms with Gasteiger partial charge in [-0.1, -0.05) is 80.4 Å². The monoisotopic (exact) mass is 467 g/mol. The molecule has 4 rings (SSSR count). The molecule has 0 bridgehead atoms. The van der Waals surface area contributed by atoms with Gasteiger partial charge in [0, 0.05) is 38.6 Å². The van der Waals surface area contributed by atoms with Gasteiger partial charge in [0.25, 0.3) is 8.32 Å². The Balaban J connectivity index is 0.000000523. The summed E-state index contributed by atoms with van der Waals surface area (Å²) < 4.78 is 7.12. The van der Waals surface area contributed by atoms with E-state index in [9.17, 15) is 4.79 Å². The van der Waals surface area contributed by atoms with Crippen LogP contribution in [0, 0.1) is 0 Å². The molecule has 1 unspecified atom stereocenters. The van der Waals surface area contributed by atoms with E-state index < -0.39 is 8.32 Å². The molecule has 3 aromatic rings. The molecule has 2 aromatic carbocycles. The van der Waals surface area contributed by atoms with E-state index in [1.807, 2.05) is 11.6 Å². The van der Waals surface area contributed by atoms with Crippen LogP contribution in [0.4, 0.5) is 5.13 Å². The van der Waals surface area contributed by atoms with Crippen molar-refractivity contribution in [2.75, 3.05) is 25.5 Å². The van der Waals surface area contributed by atoms with Crippen LogP contribution >= 0.6 is 11.3 Å². The molecule has 0 aliphatic carbocycles. The highest BCUT2D eigenvalue weighted by Crippen LogP contribution is 2.32. The second kappa shape index (κ2) is 11.9. The Kier molecular flexibility index (Phi) is 9.02. The van der Waals surface area contributed by atoms with Crippen LogP contribution in [0.1, 0.15) is 26.2 Å². The predicted octanol–water partition coefficient (Wildman–Crippen LogP) is 3.96. The number of amides is 1. The topological polar surface area (TPSA) is 45.7 Å². The van der Waals surface area contributed by atoms with Crippen molar-refractivity contribution in [3.63, 3.8) is 0 Å². The number of unbranched alkanes of at least 4 members (excludes halogenated alkanes) is 1. The lowest BCUT2D eigenvalue weighted by atomic mass is 10.2. The highest BCUT2D eigenvalue weighted by atomic mass is 32.1. The maximum absolute atomic E-state index is 9.43. The highest BCUT2D eigenvalue weighted by molar-refractivity contribution is 7.13. The second-order valence-corrected chi connectivity index (χ2v) is 12.5. The third-order valence-corrected chi connectivity index (χ3v) is 10.6. The van der Waals surface area contributed by atoms with Gasteiger partial charge in [-0.3, -0.25) is 4.79 Å². The molecule has 170 valence electrons. The van der Waals surface area contributed by atoms with Crippen LogP contribution in [0.3, 0.4) is 0 Å². The van der Waals surface area contributed by atoms with Crippen LogP contribution < -0.4 is 15.3 Å². The number of benzene rings is 2. The minimum atomic E-state index is -2.32. The average Bonchev–Trinajstić information content (AvgIpc) is 3.34. The van der Waals surface area contributed by atoms with Crippen molar-refractivity contribution in [1.82, 2.24) is 9.88 Å². The Labute approximate surface area is 196 Å². The van der Waals surface area contributed by atoms with Crippen LogP contribution in [-0.4, -0.2) is 51.5 Å². The van der Waals surface area contributed by atoms with Gasteiger partial charge in [-0.15, -0.1) is 11.3 Å². The van der Waals surface area contributed by atoms with Crippen molar-refractivity contribution >= 4 is 41.6 Å². The quantitative estimate of drug-likeness (QED) is 0.353. The standard InChI is InChI=1S/C22H26N2OSSi.C3H7NO/c1-2-3-18-27(19-10-6-4-7-11-19,20-12-8-5-9-13-20)25-21-14-16-24(21)22-23-15-17-26-22;1-4(2)3-5/h4-13,15,17,21H,2-3,14,16,18H2,1H3;3H,1-2H3. The first-order chi connectivity index (χ1) is 15.6. The molecule has 2 heterocycles. The largest absolute Gasteiger partial charge is 0.388 e. The van der Waals surface area contributed by atoms with E-state index in [1.54, 1.807) is 25.4 Å². The van der Waals surface area contributed by atoms with Crippen molar-refractivity contribution in [2.24, 2.45) is 0 Å². The third kappa shape index (κ3) is 5.85. The molecule has 1 fully saturated rings. The van der Waals surface area contributed by atoms with Crippen LogP contribution in [0.2, 0.25) is 6.04 Å². The van der Waals surface area contributed by atoms with E-state index in [1.165, 1.54) is 28.1 Å². The number of carbonyl (C=O) groups excluding carboxylic acids is 1. The van der Waals surface area contributed by atoms with E-state index in [4.69, 9.17) is 4.43 Å². The summed E-state index contributed by atoms with van der Waals surface area (Å²) in [7, 11) is 1.05. The van der Waals surface area contributed by atoms with E-state index in [0.29, 0.717) is 0 Å². The molecular formula is C25H33N3O2SSi. The fourth-order valence-electron chi connectivity index (χ4n) is 3.79. The van der Waals surface area contributed by atoms with Crippen LogP contribution in [-0.2, 0) is 9.22 Å². The Morgan fingerprint density at radius 2 is 1.72 bits per heavy atom. The van der Waals surface area contributed by atoms with Crippen molar-refractivity contribution in [1.29, 1.82) is 0 Å². The molecule has 0 spiro atoms. The van der Waals surface area contributed by atoms with E-state index in [0.717, 1.165) is 30.6 Å². The molecule has 1 saturated heterocycles. The first-order valence-corrected chi connectivity index (χ1v) is 14.2. The lowest BCUT2D eigenvalue weighted by molar-refractivity contribution is -0.115. The molecule has 7 heteroatoms. The number of carbonyl (C=O) groups is 1. The molecular weight excluding hydrogens is 434 g/mol. The molecule has 0 N–H and O–H groups in total. The summed E-state index contributed by atoms with van der Waals surface area (Å²) in [5, 5.41) is 5.86. The molecule has 1 aliphatic heterocycles. The number of nitrogens with zero attached hydrogens (tertiary/aromatic N) is 3. The first-order valence-electron chi connectivity index (χ1n) is 11.2. The van der Waals surface area contributed by atoms with Crippen LogP contribution in [0.15, 0.2) is 72.2 Å². The van der Waals surface area contributed by atoms with Crippen molar-refractivity contribution in [3.05, 3.63) is 72.2 Å². The molecule has 0 radical (unpaired) electrons. The maximum atomic E-state index is 9.43. The van der Waals surface area contributed by atoms with Gasteiger partial charge in [-0.25, -0.2) is 4.98 Å². The smallest absolute Gasteiger partial charge is 0.258 e. The normalized spacial score (nSPS) is 15.3. The van der Waals surface area contributed by atoms with Gasteiger partial charge >= 0.3 is 0 Å². The summed E-state index contributed by atoms with van der Waals surface area (Å²) in [4.78, 5) is 17.7. The van der Waals surface area contributed by atoms with Gasteiger partial charge in [0.05, 0.1) is 0 Å². The van der Waals surface area contributed by atoms with E-state index in [2.05, 4.69) is 77.5 Å². The second-order valence-electron chi connectivity index (χ2n) is 8.10. The highest BCUT2D eigenvalue weighted by Gasteiger charge is 2.44. The van der Waals surface area contributed by atoms with Gasteiger partial charge < -0.3 is 14.2 Å². The van der Waals surface area contributed by atoms with Crippen molar-refractivity contribution < 1.29 is 9.22 Å². The summed E-state index contributed by atoms with van der Waals surface area (Å²) in [5.74, 6) is 0. The maximum Gasteiger partial charge on any atom is 0.258 e. The summed E-state index contributed by atoms with van der Waals surface area (Å²) in [6, 6.07) is 23.0. The molecule has 32 heavy (non-hydrogen) atoms. The zero-order valence-corrected chi connectivity index (χ0v) is 21.0. The van der Waals surface area contributed by atoms with E-state index >= 15 is 0 Å². The van der Waals surface area contributed by atoms with Crippen LogP contribution in [0.25, 0.3) is 0 Å². The van der Waals surface area contributed by atoms with Crippen molar-refractivity contribution in [2.45, 2.75) is 38.5 Å². The fraction of sp³-hybridized carbons (Fsp3) is 0.360. The average molecular weight is 468 g/mol. The Bertz CT molecular complexity index is 883. The first kappa shape index (κ1) is 24.2. The summed E-state index contributed by atoms with van der Waals surface area (Å²) in [6.45, 7) is 3.29. The number of hydrogen-bond acceptors (Lipinski definition) is 5. The van der Waals surface area contributed by atoms with Crippen molar-refractivity contribution in [3.8, 4) is 0 Å². The molecule has 1 aliphatic rings.